The van der Waals surface area contributed by atoms with Crippen molar-refractivity contribution in [2.45, 2.75) is 19.3 Å². The fourth-order valence-electron chi connectivity index (χ4n) is 1.68. The summed E-state index contributed by atoms with van der Waals surface area (Å²) >= 11 is 0. The standard InChI is InChI=1S/C11H13FN2O2/c12-9-5-4-6-10(13-9)16-11(15)14-7-2-1-3-8-14/h4-6H,1-3,7-8H2. The maximum Gasteiger partial charge on any atom is 0.416 e. The number of hydrogen-bond donors (Lipinski definition) is 0. The van der Waals surface area contributed by atoms with Crippen LogP contribution in [0.2, 0.25) is 0 Å². The molecule has 1 aromatic rings. The number of amides is 1. The summed E-state index contributed by atoms with van der Waals surface area (Å²) in [5.41, 5.74) is 0. The molecule has 4 nitrogen and oxygen atoms in total. The fraction of sp³-hybridized carbons (Fsp3) is 0.455. The zero-order chi connectivity index (χ0) is 11.4. The van der Waals surface area contributed by atoms with Gasteiger partial charge in [-0.1, -0.05) is 6.07 Å². The highest BCUT2D eigenvalue weighted by atomic mass is 19.1. The second-order valence-electron chi connectivity index (χ2n) is 3.71. The molecule has 0 aliphatic carbocycles. The Morgan fingerprint density at radius 2 is 2.06 bits per heavy atom. The van der Waals surface area contributed by atoms with Crippen LogP contribution in [0.4, 0.5) is 9.18 Å². The van der Waals surface area contributed by atoms with Crippen LogP contribution in [0.15, 0.2) is 18.2 Å². The first kappa shape index (κ1) is 10.9. The molecule has 0 atom stereocenters. The van der Waals surface area contributed by atoms with Crippen molar-refractivity contribution < 1.29 is 13.9 Å². The van der Waals surface area contributed by atoms with Crippen LogP contribution >= 0.6 is 0 Å². The van der Waals surface area contributed by atoms with Crippen LogP contribution in [-0.2, 0) is 0 Å². The number of likely N-dealkylation sites (tertiary alicyclic amines) is 1. The molecule has 2 rings (SSSR count). The first-order valence-corrected chi connectivity index (χ1v) is 5.35. The van der Waals surface area contributed by atoms with Gasteiger partial charge in [0.1, 0.15) is 0 Å². The minimum Gasteiger partial charge on any atom is -0.391 e. The van der Waals surface area contributed by atoms with E-state index in [9.17, 15) is 9.18 Å². The topological polar surface area (TPSA) is 42.4 Å². The van der Waals surface area contributed by atoms with Crippen molar-refractivity contribution in [2.24, 2.45) is 0 Å². The zero-order valence-corrected chi connectivity index (χ0v) is 8.86. The molecule has 0 N–H and O–H groups in total. The molecule has 86 valence electrons. The molecule has 0 bridgehead atoms. The summed E-state index contributed by atoms with van der Waals surface area (Å²) in [6, 6.07) is 4.13. The molecule has 5 heteroatoms. The third kappa shape index (κ3) is 2.68. The fourth-order valence-corrected chi connectivity index (χ4v) is 1.68. The van der Waals surface area contributed by atoms with E-state index in [0.29, 0.717) is 13.1 Å². The summed E-state index contributed by atoms with van der Waals surface area (Å²) < 4.78 is 17.7. The lowest BCUT2D eigenvalue weighted by atomic mass is 10.1. The summed E-state index contributed by atoms with van der Waals surface area (Å²) in [7, 11) is 0. The Bertz CT molecular complexity index is 378. The molecule has 1 amide bonds. The Labute approximate surface area is 93.0 Å². The maximum atomic E-state index is 12.7. The summed E-state index contributed by atoms with van der Waals surface area (Å²) in [6.07, 6.45) is 2.68. The monoisotopic (exact) mass is 224 g/mol. The third-order valence-corrected chi connectivity index (χ3v) is 2.50. The lowest BCUT2D eigenvalue weighted by Gasteiger charge is -2.25. The first-order chi connectivity index (χ1) is 7.75. The average Bonchev–Trinajstić information content (AvgIpc) is 2.30. The van der Waals surface area contributed by atoms with Crippen LogP contribution in [-0.4, -0.2) is 29.1 Å². The molecule has 0 unspecified atom stereocenters. The molecule has 0 saturated carbocycles. The number of hydrogen-bond acceptors (Lipinski definition) is 3. The Kier molecular flexibility index (Phi) is 3.34. The molecule has 1 aliphatic heterocycles. The number of piperidine rings is 1. The highest BCUT2D eigenvalue weighted by Gasteiger charge is 2.18. The molecular weight excluding hydrogens is 211 g/mol. The Morgan fingerprint density at radius 3 is 2.75 bits per heavy atom. The van der Waals surface area contributed by atoms with Gasteiger partial charge in [0.25, 0.3) is 0 Å². The smallest absolute Gasteiger partial charge is 0.391 e. The molecule has 0 radical (unpaired) electrons. The van der Waals surface area contributed by atoms with E-state index in [1.165, 1.54) is 18.2 Å². The summed E-state index contributed by atoms with van der Waals surface area (Å²) in [5.74, 6) is -0.639. The van der Waals surface area contributed by atoms with Gasteiger partial charge in [0.15, 0.2) is 0 Å². The predicted molar refractivity (Wildman–Crippen MR) is 55.6 cm³/mol. The molecule has 1 fully saturated rings. The number of rotatable bonds is 1. The van der Waals surface area contributed by atoms with Crippen LogP contribution in [0.1, 0.15) is 19.3 Å². The van der Waals surface area contributed by atoms with E-state index in [0.717, 1.165) is 19.3 Å². The van der Waals surface area contributed by atoms with Crippen molar-refractivity contribution in [2.75, 3.05) is 13.1 Å². The second kappa shape index (κ2) is 4.92. The van der Waals surface area contributed by atoms with E-state index in [1.807, 2.05) is 0 Å². The Balaban J connectivity index is 1.96. The molecule has 1 aromatic heterocycles. The van der Waals surface area contributed by atoms with Crippen molar-refractivity contribution in [1.29, 1.82) is 0 Å². The Hall–Kier alpha value is -1.65. The number of aromatic nitrogens is 1. The SMILES string of the molecule is O=C(Oc1cccc(F)n1)N1CCCCC1. The van der Waals surface area contributed by atoms with Gasteiger partial charge in [-0.25, -0.2) is 4.79 Å². The largest absolute Gasteiger partial charge is 0.416 e. The van der Waals surface area contributed by atoms with Gasteiger partial charge in [0.2, 0.25) is 11.8 Å². The number of ether oxygens (including phenoxy) is 1. The van der Waals surface area contributed by atoms with Gasteiger partial charge in [-0.15, -0.1) is 0 Å². The van der Waals surface area contributed by atoms with Crippen molar-refractivity contribution in [3.05, 3.63) is 24.1 Å². The first-order valence-electron chi connectivity index (χ1n) is 5.35. The van der Waals surface area contributed by atoms with Gasteiger partial charge in [-0.3, -0.25) is 0 Å². The molecule has 2 heterocycles. The van der Waals surface area contributed by atoms with Gasteiger partial charge in [-0.05, 0) is 25.3 Å². The van der Waals surface area contributed by atoms with Crippen LogP contribution in [0.5, 0.6) is 5.88 Å². The second-order valence-corrected chi connectivity index (χ2v) is 3.71. The van der Waals surface area contributed by atoms with E-state index in [2.05, 4.69) is 4.98 Å². The normalized spacial score (nSPS) is 15.9. The lowest BCUT2D eigenvalue weighted by Crippen LogP contribution is -2.37. The van der Waals surface area contributed by atoms with Crippen molar-refractivity contribution in [1.82, 2.24) is 9.88 Å². The summed E-state index contributed by atoms with van der Waals surface area (Å²) in [6.45, 7) is 1.41. The minimum absolute atomic E-state index is 0.00979. The maximum absolute atomic E-state index is 12.7. The van der Waals surface area contributed by atoms with Gasteiger partial charge in [-0.2, -0.15) is 9.37 Å². The molecule has 16 heavy (non-hydrogen) atoms. The number of carbonyl (C=O) groups excluding carboxylic acids is 1. The molecule has 0 aromatic carbocycles. The predicted octanol–water partition coefficient (Wildman–Crippen LogP) is 2.21. The van der Waals surface area contributed by atoms with Crippen molar-refractivity contribution in [3.8, 4) is 5.88 Å². The highest BCUT2D eigenvalue weighted by molar-refractivity contribution is 5.70. The van der Waals surface area contributed by atoms with E-state index < -0.39 is 12.0 Å². The molecule has 1 aliphatic rings. The van der Waals surface area contributed by atoms with E-state index in [4.69, 9.17) is 4.74 Å². The molecule has 1 saturated heterocycles. The van der Waals surface area contributed by atoms with Gasteiger partial charge in [0, 0.05) is 19.2 Å². The van der Waals surface area contributed by atoms with Crippen LogP contribution in [0, 0.1) is 5.95 Å². The van der Waals surface area contributed by atoms with Gasteiger partial charge >= 0.3 is 6.09 Å². The van der Waals surface area contributed by atoms with E-state index in [-0.39, 0.29) is 5.88 Å². The highest BCUT2D eigenvalue weighted by Crippen LogP contribution is 2.12. The van der Waals surface area contributed by atoms with Crippen LogP contribution in [0.3, 0.4) is 0 Å². The third-order valence-electron chi connectivity index (χ3n) is 2.50. The number of halogens is 1. The lowest BCUT2D eigenvalue weighted by molar-refractivity contribution is 0.140. The average molecular weight is 224 g/mol. The Morgan fingerprint density at radius 1 is 1.31 bits per heavy atom. The number of nitrogens with zero attached hydrogens (tertiary/aromatic N) is 2. The van der Waals surface area contributed by atoms with E-state index >= 15 is 0 Å². The van der Waals surface area contributed by atoms with Crippen LogP contribution < -0.4 is 4.74 Å². The van der Waals surface area contributed by atoms with E-state index in [1.54, 1.807) is 4.90 Å². The number of carbonyl (C=O) groups is 1. The van der Waals surface area contributed by atoms with Crippen molar-refractivity contribution >= 4 is 6.09 Å². The zero-order valence-electron chi connectivity index (χ0n) is 8.86. The molecule has 0 spiro atoms. The molecular formula is C11H13FN2O2. The van der Waals surface area contributed by atoms with Gasteiger partial charge < -0.3 is 9.64 Å². The van der Waals surface area contributed by atoms with Crippen molar-refractivity contribution in [3.63, 3.8) is 0 Å². The number of pyridine rings is 1. The van der Waals surface area contributed by atoms with Crippen LogP contribution in [0.25, 0.3) is 0 Å². The minimum atomic E-state index is -0.649. The van der Waals surface area contributed by atoms with Gasteiger partial charge in [0.05, 0.1) is 0 Å². The quantitative estimate of drug-likeness (QED) is 0.687. The summed E-state index contributed by atoms with van der Waals surface area (Å²) in [4.78, 5) is 16.7. The summed E-state index contributed by atoms with van der Waals surface area (Å²) in [5, 5.41) is 0.